The van der Waals surface area contributed by atoms with Gasteiger partial charge in [-0.05, 0) is 25.5 Å². The fourth-order valence-corrected chi connectivity index (χ4v) is 3.65. The number of nitrogens with zero attached hydrogens (tertiary/aromatic N) is 1. The van der Waals surface area contributed by atoms with E-state index in [0.29, 0.717) is 12.2 Å². The smallest absolute Gasteiger partial charge is 0.338 e. The highest BCUT2D eigenvalue weighted by molar-refractivity contribution is 5.98. The lowest BCUT2D eigenvalue weighted by atomic mass is 10.1. The Labute approximate surface area is 215 Å². The maximum absolute atomic E-state index is 13.0. The molecule has 1 aliphatic heterocycles. The van der Waals surface area contributed by atoms with E-state index in [0.717, 1.165) is 12.8 Å². The molecule has 1 aromatic carbocycles. The quantitative estimate of drug-likeness (QED) is 0.376. The van der Waals surface area contributed by atoms with Crippen molar-refractivity contribution in [2.45, 2.75) is 51.0 Å². The third-order valence-corrected chi connectivity index (χ3v) is 5.69. The number of carbonyl (C=O) groups excluding carboxylic acids is 3. The zero-order valence-corrected chi connectivity index (χ0v) is 21.0. The molecule has 200 valence electrons. The lowest BCUT2D eigenvalue weighted by Crippen LogP contribution is -2.47. The van der Waals surface area contributed by atoms with Gasteiger partial charge in [-0.15, -0.1) is 0 Å². The van der Waals surface area contributed by atoms with Crippen LogP contribution in [0.3, 0.4) is 0 Å². The van der Waals surface area contributed by atoms with Crippen LogP contribution in [0.1, 0.15) is 47.5 Å². The van der Waals surface area contributed by atoms with Crippen LogP contribution in [0.5, 0.6) is 11.5 Å². The number of unbranched alkanes of at least 4 members (excludes halogenated alkanes) is 1. The number of rotatable bonds is 9. The van der Waals surface area contributed by atoms with Crippen molar-refractivity contribution in [3.63, 3.8) is 0 Å². The minimum atomic E-state index is -1.22. The molecule has 37 heavy (non-hydrogen) atoms. The highest BCUT2D eigenvalue weighted by atomic mass is 16.6. The number of hydrogen-bond donors (Lipinski definition) is 2. The second kappa shape index (κ2) is 13.6. The third-order valence-electron chi connectivity index (χ3n) is 5.69. The van der Waals surface area contributed by atoms with E-state index in [1.807, 2.05) is 6.92 Å². The summed E-state index contributed by atoms with van der Waals surface area (Å²) in [5.41, 5.74) is 0.0142. The van der Waals surface area contributed by atoms with E-state index >= 15 is 0 Å². The number of carbonyl (C=O) groups is 3. The molecule has 4 atom stereocenters. The average Bonchev–Trinajstić information content (AvgIpc) is 2.94. The molecule has 1 aromatic heterocycles. The largest absolute Gasteiger partial charge is 0.503 e. The highest BCUT2D eigenvalue weighted by Crippen LogP contribution is 2.27. The van der Waals surface area contributed by atoms with E-state index in [1.165, 1.54) is 19.4 Å². The van der Waals surface area contributed by atoms with Crippen LogP contribution in [0.15, 0.2) is 42.6 Å². The molecule has 1 aliphatic rings. The SMILES string of the molecule is CCCCO[C@H]1COC[C@H](NC(=O)c2nccc(OC)c2O)C(=O)O[C@@H](C)[C@@H]1OC(=O)c1ccccc1. The summed E-state index contributed by atoms with van der Waals surface area (Å²) in [6, 6.07) is 8.60. The summed E-state index contributed by atoms with van der Waals surface area (Å²) < 4.78 is 28.0. The maximum Gasteiger partial charge on any atom is 0.338 e. The number of aromatic nitrogens is 1. The van der Waals surface area contributed by atoms with Crippen LogP contribution in [-0.2, 0) is 23.7 Å². The summed E-state index contributed by atoms with van der Waals surface area (Å²) in [4.78, 5) is 42.4. The highest BCUT2D eigenvalue weighted by Gasteiger charge is 2.38. The lowest BCUT2D eigenvalue weighted by Gasteiger charge is -2.30. The Morgan fingerprint density at radius 2 is 1.95 bits per heavy atom. The summed E-state index contributed by atoms with van der Waals surface area (Å²) >= 11 is 0. The number of pyridine rings is 1. The van der Waals surface area contributed by atoms with Crippen LogP contribution in [0.25, 0.3) is 0 Å². The van der Waals surface area contributed by atoms with E-state index in [1.54, 1.807) is 37.3 Å². The number of benzene rings is 1. The van der Waals surface area contributed by atoms with Crippen molar-refractivity contribution in [2.75, 3.05) is 26.9 Å². The van der Waals surface area contributed by atoms with E-state index in [9.17, 15) is 19.5 Å². The van der Waals surface area contributed by atoms with Crippen LogP contribution < -0.4 is 10.1 Å². The number of cyclic esters (lactones) is 1. The van der Waals surface area contributed by atoms with Gasteiger partial charge < -0.3 is 34.1 Å². The molecule has 2 aromatic rings. The Kier molecular flexibility index (Phi) is 10.2. The summed E-state index contributed by atoms with van der Waals surface area (Å²) in [6.45, 7) is 3.73. The number of ether oxygens (including phenoxy) is 5. The summed E-state index contributed by atoms with van der Waals surface area (Å²) in [5.74, 6) is -2.64. The number of aromatic hydroxyl groups is 1. The molecule has 0 aliphatic carbocycles. The summed E-state index contributed by atoms with van der Waals surface area (Å²) in [5, 5.41) is 12.7. The molecular weight excluding hydrogens is 484 g/mol. The molecule has 0 radical (unpaired) electrons. The molecule has 0 spiro atoms. The van der Waals surface area contributed by atoms with Crippen molar-refractivity contribution in [2.24, 2.45) is 0 Å². The number of nitrogens with one attached hydrogen (secondary N) is 1. The van der Waals surface area contributed by atoms with Crippen molar-refractivity contribution in [1.82, 2.24) is 10.3 Å². The van der Waals surface area contributed by atoms with Crippen LogP contribution in [0.4, 0.5) is 0 Å². The minimum Gasteiger partial charge on any atom is -0.503 e. The van der Waals surface area contributed by atoms with Crippen LogP contribution in [0, 0.1) is 0 Å². The standard InChI is InChI=1S/C26H32N2O9/c1-4-5-13-35-20-15-34-14-18(28-24(30)21-22(29)19(33-3)11-12-27-21)26(32)36-16(2)23(20)37-25(31)17-9-7-6-8-10-17/h6-12,16,18,20,23,29H,4-5,13-15H2,1-3H3,(H,28,30)/t16-,18-,20-,23-/m0/s1. The van der Waals surface area contributed by atoms with E-state index < -0.39 is 47.9 Å². The molecule has 1 amide bonds. The van der Waals surface area contributed by atoms with E-state index in [2.05, 4.69) is 10.3 Å². The Bertz CT molecular complexity index is 1060. The van der Waals surface area contributed by atoms with Gasteiger partial charge in [0.05, 0.1) is 25.9 Å². The molecule has 11 nitrogen and oxygen atoms in total. The second-order valence-corrected chi connectivity index (χ2v) is 8.41. The lowest BCUT2D eigenvalue weighted by molar-refractivity contribution is -0.161. The molecule has 11 heteroatoms. The van der Waals surface area contributed by atoms with Crippen LogP contribution in [-0.4, -0.2) is 79.2 Å². The van der Waals surface area contributed by atoms with Gasteiger partial charge in [0.25, 0.3) is 5.91 Å². The van der Waals surface area contributed by atoms with Crippen molar-refractivity contribution in [3.05, 3.63) is 53.9 Å². The Morgan fingerprint density at radius 3 is 2.65 bits per heavy atom. The van der Waals surface area contributed by atoms with Gasteiger partial charge in [0.1, 0.15) is 12.2 Å². The molecule has 1 fully saturated rings. The zero-order chi connectivity index (χ0) is 26.8. The Balaban J connectivity index is 1.77. The summed E-state index contributed by atoms with van der Waals surface area (Å²) in [6.07, 6.45) is 0.354. The molecule has 0 saturated carbocycles. The van der Waals surface area contributed by atoms with Gasteiger partial charge >= 0.3 is 11.9 Å². The normalized spacial score (nSPS) is 22.1. The number of methoxy groups -OCH3 is 1. The first-order valence-corrected chi connectivity index (χ1v) is 12.0. The molecule has 2 N–H and O–H groups in total. The van der Waals surface area contributed by atoms with Gasteiger partial charge in [-0.25, -0.2) is 14.6 Å². The number of amides is 1. The molecule has 0 unspecified atom stereocenters. The van der Waals surface area contributed by atoms with Gasteiger partial charge in [0, 0.05) is 18.9 Å². The van der Waals surface area contributed by atoms with Crippen molar-refractivity contribution in [3.8, 4) is 11.5 Å². The average molecular weight is 517 g/mol. The monoisotopic (exact) mass is 516 g/mol. The van der Waals surface area contributed by atoms with Crippen molar-refractivity contribution >= 4 is 17.8 Å². The van der Waals surface area contributed by atoms with Gasteiger partial charge in [0.15, 0.2) is 29.3 Å². The first-order valence-electron chi connectivity index (χ1n) is 12.0. The molecule has 0 bridgehead atoms. The minimum absolute atomic E-state index is 0.0214. The van der Waals surface area contributed by atoms with Gasteiger partial charge in [-0.2, -0.15) is 0 Å². The summed E-state index contributed by atoms with van der Waals surface area (Å²) in [7, 11) is 1.33. The Hall–Kier alpha value is -3.70. The topological polar surface area (TPSA) is 143 Å². The second-order valence-electron chi connectivity index (χ2n) is 8.41. The zero-order valence-electron chi connectivity index (χ0n) is 21.0. The molecule has 2 heterocycles. The van der Waals surface area contributed by atoms with Gasteiger partial charge in [-0.1, -0.05) is 31.5 Å². The fourth-order valence-electron chi connectivity index (χ4n) is 3.65. The third kappa shape index (κ3) is 7.40. The molecular formula is C26H32N2O9. The van der Waals surface area contributed by atoms with E-state index in [-0.39, 0.29) is 24.7 Å². The predicted molar refractivity (Wildman–Crippen MR) is 130 cm³/mol. The van der Waals surface area contributed by atoms with Crippen molar-refractivity contribution < 1.29 is 43.2 Å². The fraction of sp³-hybridized carbons (Fsp3) is 0.462. The molecule has 3 rings (SSSR count). The Morgan fingerprint density at radius 1 is 1.19 bits per heavy atom. The maximum atomic E-state index is 13.0. The van der Waals surface area contributed by atoms with Crippen molar-refractivity contribution in [1.29, 1.82) is 0 Å². The molecule has 1 saturated heterocycles. The first-order chi connectivity index (χ1) is 17.8. The van der Waals surface area contributed by atoms with Gasteiger partial charge in [0.2, 0.25) is 0 Å². The van der Waals surface area contributed by atoms with E-state index in [4.69, 9.17) is 23.7 Å². The van der Waals surface area contributed by atoms with Crippen LogP contribution in [0.2, 0.25) is 0 Å². The first kappa shape index (κ1) is 27.9. The van der Waals surface area contributed by atoms with Crippen LogP contribution >= 0.6 is 0 Å². The number of hydrogen-bond acceptors (Lipinski definition) is 10. The predicted octanol–water partition coefficient (Wildman–Crippen LogP) is 2.27. The number of esters is 2. The van der Waals surface area contributed by atoms with Gasteiger partial charge in [-0.3, -0.25) is 4.79 Å².